The number of aryl methyl sites for hydroxylation is 1. The Labute approximate surface area is 309 Å². The van der Waals surface area contributed by atoms with E-state index in [0.29, 0.717) is 18.0 Å². The van der Waals surface area contributed by atoms with Gasteiger partial charge >= 0.3 is 0 Å². The minimum absolute atomic E-state index is 0.0413. The highest BCUT2D eigenvalue weighted by Crippen LogP contribution is 2.29. The molecule has 1 atom stereocenters. The minimum atomic E-state index is -4.24. The Hall–Kier alpha value is -4.93. The molecule has 0 aromatic heterocycles. The van der Waals surface area contributed by atoms with Crippen molar-refractivity contribution in [1.29, 1.82) is 0 Å². The summed E-state index contributed by atoms with van der Waals surface area (Å²) in [5.41, 5.74) is 2.82. The summed E-state index contributed by atoms with van der Waals surface area (Å²) in [6.07, 6.45) is 0.237. The van der Waals surface area contributed by atoms with Crippen molar-refractivity contribution >= 4 is 43.5 Å². The van der Waals surface area contributed by atoms with E-state index in [4.69, 9.17) is 4.74 Å². The molecule has 0 spiro atoms. The van der Waals surface area contributed by atoms with Gasteiger partial charge in [0.05, 0.1) is 10.6 Å². The van der Waals surface area contributed by atoms with E-state index < -0.39 is 28.5 Å². The second kappa shape index (κ2) is 17.3. The monoisotopic (exact) mass is 767 g/mol. The van der Waals surface area contributed by atoms with Crippen LogP contribution in [0.4, 0.5) is 5.69 Å². The second-order valence-corrected chi connectivity index (χ2v) is 15.5. The minimum Gasteiger partial charge on any atom is -0.457 e. The number of carbonyl (C=O) groups is 2. The van der Waals surface area contributed by atoms with Gasteiger partial charge in [-0.3, -0.25) is 13.9 Å². The molecule has 0 heterocycles. The van der Waals surface area contributed by atoms with Gasteiger partial charge in [0.2, 0.25) is 11.8 Å². The first kappa shape index (κ1) is 37.3. The van der Waals surface area contributed by atoms with E-state index in [1.165, 1.54) is 17.0 Å². The molecule has 5 aromatic rings. The van der Waals surface area contributed by atoms with Crippen molar-refractivity contribution in [2.75, 3.05) is 17.4 Å². The molecule has 2 amide bonds. The van der Waals surface area contributed by atoms with E-state index >= 15 is 0 Å². The Bertz CT molecular complexity index is 2010. The second-order valence-electron chi connectivity index (χ2n) is 12.7. The lowest BCUT2D eigenvalue weighted by Crippen LogP contribution is -2.53. The highest BCUT2D eigenvalue weighted by molar-refractivity contribution is 9.10. The zero-order valence-corrected chi connectivity index (χ0v) is 31.3. The molecule has 0 saturated carbocycles. The molecule has 5 aromatic carbocycles. The highest BCUT2D eigenvalue weighted by atomic mass is 79.9. The molecule has 8 nitrogen and oxygen atoms in total. The van der Waals surface area contributed by atoms with Crippen LogP contribution < -0.4 is 14.4 Å². The molecule has 10 heteroatoms. The lowest BCUT2D eigenvalue weighted by atomic mass is 10.0. The summed E-state index contributed by atoms with van der Waals surface area (Å²) >= 11 is 3.52. The van der Waals surface area contributed by atoms with Crippen LogP contribution in [0.1, 0.15) is 30.5 Å². The van der Waals surface area contributed by atoms with Crippen LogP contribution in [0.2, 0.25) is 0 Å². The molecule has 0 saturated heterocycles. The van der Waals surface area contributed by atoms with E-state index in [0.717, 1.165) is 25.5 Å². The maximum atomic E-state index is 14.7. The standard InChI is InChI=1S/C41H42BrN3O5S/c1-30(2)27-43-41(47)39(26-32-11-6-4-7-12-32)44(28-33-13-10-14-34(42)25-33)40(46)29-45(51(48,49)38-23-17-31(3)18-24-38)35-19-21-37(22-20-35)50-36-15-8-5-9-16-36/h4-25,30,39H,26-29H2,1-3H3,(H,43,47)/t39-/m0/s1. The predicted molar refractivity (Wildman–Crippen MR) is 205 cm³/mol. The number of nitrogens with one attached hydrogen (secondary N) is 1. The normalized spacial score (nSPS) is 11.9. The molecular formula is C41H42BrN3O5S. The maximum absolute atomic E-state index is 14.7. The van der Waals surface area contributed by atoms with Crippen molar-refractivity contribution in [3.05, 3.63) is 155 Å². The van der Waals surface area contributed by atoms with Gasteiger partial charge in [0.15, 0.2) is 0 Å². The first-order valence-corrected chi connectivity index (χ1v) is 19.0. The Morgan fingerprint density at radius 3 is 2.00 bits per heavy atom. The van der Waals surface area contributed by atoms with Crippen LogP contribution in [0, 0.1) is 12.8 Å². The summed E-state index contributed by atoms with van der Waals surface area (Å²) in [7, 11) is -4.24. The fourth-order valence-corrected chi connectivity index (χ4v) is 7.34. The van der Waals surface area contributed by atoms with E-state index in [1.54, 1.807) is 36.4 Å². The van der Waals surface area contributed by atoms with Gasteiger partial charge in [-0.05, 0) is 84.6 Å². The Morgan fingerprint density at radius 2 is 1.37 bits per heavy atom. The van der Waals surface area contributed by atoms with E-state index in [1.807, 2.05) is 106 Å². The summed E-state index contributed by atoms with van der Waals surface area (Å²) < 4.78 is 36.7. The highest BCUT2D eigenvalue weighted by Gasteiger charge is 2.34. The van der Waals surface area contributed by atoms with Crippen LogP contribution in [0.15, 0.2) is 143 Å². The fraction of sp³-hybridized carbons (Fsp3) is 0.220. The lowest BCUT2D eigenvalue weighted by molar-refractivity contribution is -0.140. The summed E-state index contributed by atoms with van der Waals surface area (Å²) in [6, 6.07) is 38.4. The molecule has 0 bridgehead atoms. The molecule has 1 N–H and O–H groups in total. The number of hydrogen-bond donors (Lipinski definition) is 1. The number of halogens is 1. The van der Waals surface area contributed by atoms with E-state index in [2.05, 4.69) is 21.2 Å². The number of rotatable bonds is 15. The van der Waals surface area contributed by atoms with Crippen LogP contribution >= 0.6 is 15.9 Å². The molecule has 0 aliphatic rings. The van der Waals surface area contributed by atoms with Crippen LogP contribution in [-0.4, -0.2) is 44.3 Å². The average Bonchev–Trinajstić information content (AvgIpc) is 3.12. The first-order valence-electron chi connectivity index (χ1n) is 16.8. The zero-order chi connectivity index (χ0) is 36.4. The van der Waals surface area contributed by atoms with Gasteiger partial charge in [0.1, 0.15) is 24.1 Å². The zero-order valence-electron chi connectivity index (χ0n) is 28.9. The Morgan fingerprint density at radius 1 is 0.765 bits per heavy atom. The summed E-state index contributed by atoms with van der Waals surface area (Å²) in [5.74, 6) is 0.477. The van der Waals surface area contributed by atoms with Crippen molar-refractivity contribution in [2.45, 2.75) is 44.7 Å². The number of amides is 2. The molecule has 5 rings (SSSR count). The number of benzene rings is 5. The van der Waals surface area contributed by atoms with Crippen molar-refractivity contribution in [3.63, 3.8) is 0 Å². The van der Waals surface area contributed by atoms with E-state index in [-0.39, 0.29) is 35.4 Å². The number of nitrogens with zero attached hydrogens (tertiary/aromatic N) is 2. The largest absolute Gasteiger partial charge is 0.457 e. The van der Waals surface area contributed by atoms with Gasteiger partial charge in [-0.25, -0.2) is 8.42 Å². The van der Waals surface area contributed by atoms with Crippen LogP contribution in [0.25, 0.3) is 0 Å². The van der Waals surface area contributed by atoms with Gasteiger partial charge in [0, 0.05) is 24.0 Å². The van der Waals surface area contributed by atoms with Gasteiger partial charge in [0.25, 0.3) is 10.0 Å². The summed E-state index contributed by atoms with van der Waals surface area (Å²) in [5, 5.41) is 3.02. The van der Waals surface area contributed by atoms with Gasteiger partial charge in [-0.2, -0.15) is 0 Å². The summed E-state index contributed by atoms with van der Waals surface area (Å²) in [4.78, 5) is 30.3. The Kier molecular flexibility index (Phi) is 12.7. The molecule has 0 fully saturated rings. The van der Waals surface area contributed by atoms with Gasteiger partial charge in [-0.1, -0.05) is 108 Å². The van der Waals surface area contributed by atoms with Crippen molar-refractivity contribution < 1.29 is 22.7 Å². The topological polar surface area (TPSA) is 96.0 Å². The molecule has 264 valence electrons. The Balaban J connectivity index is 1.56. The maximum Gasteiger partial charge on any atom is 0.264 e. The van der Waals surface area contributed by atoms with Crippen molar-refractivity contribution in [1.82, 2.24) is 10.2 Å². The number of sulfonamides is 1. The third kappa shape index (κ3) is 10.3. The average molecular weight is 769 g/mol. The SMILES string of the molecule is Cc1ccc(S(=O)(=O)N(CC(=O)N(Cc2cccc(Br)c2)[C@@H](Cc2ccccc2)C(=O)NCC(C)C)c2ccc(Oc3ccccc3)cc2)cc1. The summed E-state index contributed by atoms with van der Waals surface area (Å²) in [6.45, 7) is 5.83. The van der Waals surface area contributed by atoms with Crippen molar-refractivity contribution in [3.8, 4) is 11.5 Å². The number of anilines is 1. The third-order valence-corrected chi connectivity index (χ3v) is 10.5. The van der Waals surface area contributed by atoms with Gasteiger partial charge in [-0.15, -0.1) is 0 Å². The fourth-order valence-electron chi connectivity index (χ4n) is 5.48. The number of carbonyl (C=O) groups excluding carboxylic acids is 2. The first-order chi connectivity index (χ1) is 24.5. The number of ether oxygens (including phenoxy) is 1. The molecule has 0 radical (unpaired) electrons. The quantitative estimate of drug-likeness (QED) is 0.116. The molecule has 0 aliphatic carbocycles. The molecular weight excluding hydrogens is 726 g/mol. The third-order valence-electron chi connectivity index (χ3n) is 8.19. The smallest absolute Gasteiger partial charge is 0.264 e. The van der Waals surface area contributed by atoms with Gasteiger partial charge < -0.3 is 15.0 Å². The number of hydrogen-bond acceptors (Lipinski definition) is 5. The predicted octanol–water partition coefficient (Wildman–Crippen LogP) is 8.16. The van der Waals surface area contributed by atoms with Crippen molar-refractivity contribution in [2.24, 2.45) is 5.92 Å². The van der Waals surface area contributed by atoms with Crippen LogP contribution in [-0.2, 0) is 32.6 Å². The number of para-hydroxylation sites is 1. The lowest BCUT2D eigenvalue weighted by Gasteiger charge is -2.34. The van der Waals surface area contributed by atoms with Crippen LogP contribution in [0.5, 0.6) is 11.5 Å². The molecule has 51 heavy (non-hydrogen) atoms. The van der Waals surface area contributed by atoms with E-state index in [9.17, 15) is 18.0 Å². The van der Waals surface area contributed by atoms with Crippen LogP contribution in [0.3, 0.4) is 0 Å². The molecule has 0 aliphatic heterocycles. The molecule has 0 unspecified atom stereocenters.